The zero-order valence-corrected chi connectivity index (χ0v) is 18.8. The van der Waals surface area contributed by atoms with Crippen LogP contribution in [0, 0.1) is 12.8 Å². The lowest BCUT2D eigenvalue weighted by Gasteiger charge is -2.32. The highest BCUT2D eigenvalue weighted by Gasteiger charge is 2.30. The summed E-state index contributed by atoms with van der Waals surface area (Å²) in [6, 6.07) is 5.97. The lowest BCUT2D eigenvalue weighted by atomic mass is 9.98. The van der Waals surface area contributed by atoms with Gasteiger partial charge in [0.15, 0.2) is 6.61 Å². The summed E-state index contributed by atoms with van der Waals surface area (Å²) < 4.78 is 10.9. The van der Waals surface area contributed by atoms with Crippen molar-refractivity contribution in [1.82, 2.24) is 9.80 Å². The van der Waals surface area contributed by atoms with Crippen LogP contribution in [0.2, 0.25) is 0 Å². The van der Waals surface area contributed by atoms with E-state index in [1.807, 2.05) is 25.1 Å². The number of piperidine rings is 1. The fourth-order valence-electron chi connectivity index (χ4n) is 3.54. The van der Waals surface area contributed by atoms with Crippen molar-refractivity contribution in [2.24, 2.45) is 5.92 Å². The molecule has 1 heterocycles. The maximum atomic E-state index is 12.6. The van der Waals surface area contributed by atoms with Crippen LogP contribution in [-0.4, -0.2) is 67.5 Å². The van der Waals surface area contributed by atoms with Crippen LogP contribution >= 0.6 is 0 Å². The van der Waals surface area contributed by atoms with Crippen molar-refractivity contribution < 1.29 is 23.9 Å². The predicted molar refractivity (Wildman–Crippen MR) is 114 cm³/mol. The first-order chi connectivity index (χ1) is 14.2. The van der Waals surface area contributed by atoms with Gasteiger partial charge in [-0.25, -0.2) is 0 Å². The molecule has 1 unspecified atom stereocenters. The van der Waals surface area contributed by atoms with Gasteiger partial charge in [-0.05, 0) is 49.8 Å². The van der Waals surface area contributed by atoms with Gasteiger partial charge in [-0.15, -0.1) is 0 Å². The molecule has 1 atom stereocenters. The molecule has 0 aliphatic carbocycles. The number of hydrogen-bond donors (Lipinski definition) is 0. The van der Waals surface area contributed by atoms with Crippen LogP contribution in [0.1, 0.15) is 50.7 Å². The smallest absolute Gasteiger partial charge is 0.310 e. The summed E-state index contributed by atoms with van der Waals surface area (Å²) in [5.41, 5.74) is 2.11. The van der Waals surface area contributed by atoms with Crippen molar-refractivity contribution >= 4 is 17.8 Å². The number of ether oxygens (including phenoxy) is 2. The topological polar surface area (TPSA) is 76.2 Å². The summed E-state index contributed by atoms with van der Waals surface area (Å²) in [6.07, 6.45) is 1.47. The Bertz CT molecular complexity index is 762. The maximum absolute atomic E-state index is 12.6. The van der Waals surface area contributed by atoms with Crippen molar-refractivity contribution in [2.75, 3.05) is 39.9 Å². The molecule has 7 nitrogen and oxygen atoms in total. The van der Waals surface area contributed by atoms with E-state index in [0.29, 0.717) is 25.4 Å². The third-order valence-electron chi connectivity index (χ3n) is 5.33. The molecule has 166 valence electrons. The van der Waals surface area contributed by atoms with Gasteiger partial charge in [0.2, 0.25) is 5.91 Å². The van der Waals surface area contributed by atoms with Crippen LogP contribution in [-0.2, 0) is 19.1 Å². The third-order valence-corrected chi connectivity index (χ3v) is 5.33. The standard InChI is InChI=1S/C23H34N2O5/c1-6-29-23(28)18-8-7-11-25(13-18)21(26)14-24(5)22(27)15-30-20-12-17(4)9-10-19(20)16(2)3/h9-10,12,16,18H,6-8,11,13-15H2,1-5H3. The van der Waals surface area contributed by atoms with E-state index in [0.717, 1.165) is 24.0 Å². The number of hydrogen-bond acceptors (Lipinski definition) is 5. The molecular weight excluding hydrogens is 384 g/mol. The quantitative estimate of drug-likeness (QED) is 0.607. The largest absolute Gasteiger partial charge is 0.483 e. The second-order valence-corrected chi connectivity index (χ2v) is 8.17. The minimum Gasteiger partial charge on any atom is -0.483 e. The van der Waals surface area contributed by atoms with Crippen LogP contribution in [0.3, 0.4) is 0 Å². The predicted octanol–water partition coefficient (Wildman–Crippen LogP) is 2.76. The number of likely N-dealkylation sites (tertiary alicyclic amines) is 1. The van der Waals surface area contributed by atoms with E-state index in [-0.39, 0.29) is 42.8 Å². The third kappa shape index (κ3) is 6.47. The Morgan fingerprint density at radius 3 is 2.67 bits per heavy atom. The van der Waals surface area contributed by atoms with Crippen LogP contribution in [0.5, 0.6) is 5.75 Å². The lowest BCUT2D eigenvalue weighted by Crippen LogP contribution is -2.47. The second kappa shape index (κ2) is 11.0. The van der Waals surface area contributed by atoms with Gasteiger partial charge in [-0.3, -0.25) is 14.4 Å². The summed E-state index contributed by atoms with van der Waals surface area (Å²) in [6.45, 7) is 9.00. The Balaban J connectivity index is 1.89. The first-order valence-corrected chi connectivity index (χ1v) is 10.6. The van der Waals surface area contributed by atoms with Crippen molar-refractivity contribution in [3.05, 3.63) is 29.3 Å². The zero-order valence-electron chi connectivity index (χ0n) is 18.8. The molecule has 0 saturated carbocycles. The second-order valence-electron chi connectivity index (χ2n) is 8.17. The molecule has 0 aromatic heterocycles. The molecule has 0 radical (unpaired) electrons. The van der Waals surface area contributed by atoms with Gasteiger partial charge >= 0.3 is 5.97 Å². The molecule has 30 heavy (non-hydrogen) atoms. The number of likely N-dealkylation sites (N-methyl/N-ethyl adjacent to an activating group) is 1. The van der Waals surface area contributed by atoms with Crippen LogP contribution < -0.4 is 4.74 Å². The van der Waals surface area contributed by atoms with Crippen LogP contribution in [0.4, 0.5) is 0 Å². The Morgan fingerprint density at radius 2 is 2.00 bits per heavy atom. The Labute approximate surface area is 179 Å². The van der Waals surface area contributed by atoms with Gasteiger partial charge in [-0.2, -0.15) is 0 Å². The summed E-state index contributed by atoms with van der Waals surface area (Å²) >= 11 is 0. The lowest BCUT2D eigenvalue weighted by molar-refractivity contribution is -0.152. The highest BCUT2D eigenvalue weighted by atomic mass is 16.5. The Morgan fingerprint density at radius 1 is 1.27 bits per heavy atom. The van der Waals surface area contributed by atoms with E-state index in [1.165, 1.54) is 4.90 Å². The number of esters is 1. The van der Waals surface area contributed by atoms with E-state index >= 15 is 0 Å². The van der Waals surface area contributed by atoms with Crippen molar-refractivity contribution in [2.45, 2.75) is 46.5 Å². The average Bonchev–Trinajstić information content (AvgIpc) is 2.71. The number of carbonyl (C=O) groups is 3. The minimum absolute atomic E-state index is 0.0391. The van der Waals surface area contributed by atoms with Gasteiger partial charge < -0.3 is 19.3 Å². The highest BCUT2D eigenvalue weighted by molar-refractivity contribution is 5.86. The van der Waals surface area contributed by atoms with Crippen LogP contribution in [0.15, 0.2) is 18.2 Å². The molecule has 0 N–H and O–H groups in total. The maximum Gasteiger partial charge on any atom is 0.310 e. The fourth-order valence-corrected chi connectivity index (χ4v) is 3.54. The first-order valence-electron chi connectivity index (χ1n) is 10.6. The Hall–Kier alpha value is -2.57. The molecule has 1 aliphatic rings. The summed E-state index contributed by atoms with van der Waals surface area (Å²) in [4.78, 5) is 40.2. The Kier molecular flexibility index (Phi) is 8.69. The van der Waals surface area contributed by atoms with E-state index in [1.54, 1.807) is 18.9 Å². The van der Waals surface area contributed by atoms with E-state index in [9.17, 15) is 14.4 Å². The van der Waals surface area contributed by atoms with Gasteiger partial charge in [0.1, 0.15) is 5.75 Å². The van der Waals surface area contributed by atoms with E-state index in [2.05, 4.69) is 13.8 Å². The minimum atomic E-state index is -0.289. The van der Waals surface area contributed by atoms with E-state index in [4.69, 9.17) is 9.47 Å². The first kappa shape index (κ1) is 23.7. The van der Waals surface area contributed by atoms with Crippen molar-refractivity contribution in [3.63, 3.8) is 0 Å². The van der Waals surface area contributed by atoms with Gasteiger partial charge in [0, 0.05) is 20.1 Å². The summed E-state index contributed by atoms with van der Waals surface area (Å²) in [7, 11) is 1.59. The number of nitrogens with zero attached hydrogens (tertiary/aromatic N) is 2. The molecule has 0 bridgehead atoms. The van der Waals surface area contributed by atoms with Crippen molar-refractivity contribution in [3.8, 4) is 5.75 Å². The normalized spacial score (nSPS) is 16.3. The SMILES string of the molecule is CCOC(=O)C1CCCN(C(=O)CN(C)C(=O)COc2cc(C)ccc2C(C)C)C1. The van der Waals surface area contributed by atoms with Gasteiger partial charge in [0.05, 0.1) is 19.1 Å². The molecular formula is C23H34N2O5. The monoisotopic (exact) mass is 418 g/mol. The van der Waals surface area contributed by atoms with E-state index < -0.39 is 0 Å². The zero-order chi connectivity index (χ0) is 22.3. The number of rotatable bonds is 8. The molecule has 2 amide bonds. The molecule has 0 spiro atoms. The summed E-state index contributed by atoms with van der Waals surface area (Å²) in [5.74, 6) is -0.000615. The number of aryl methyl sites for hydroxylation is 1. The molecule has 1 aromatic rings. The van der Waals surface area contributed by atoms with Crippen molar-refractivity contribution in [1.29, 1.82) is 0 Å². The molecule has 1 aliphatic heterocycles. The molecule has 1 saturated heterocycles. The molecule has 1 fully saturated rings. The number of carbonyl (C=O) groups excluding carboxylic acids is 3. The molecule has 1 aromatic carbocycles. The molecule has 7 heteroatoms. The number of benzene rings is 1. The molecule has 2 rings (SSSR count). The average molecular weight is 419 g/mol. The van der Waals surface area contributed by atoms with Gasteiger partial charge in [-0.1, -0.05) is 26.0 Å². The summed E-state index contributed by atoms with van der Waals surface area (Å²) in [5, 5.41) is 0. The van der Waals surface area contributed by atoms with Crippen LogP contribution in [0.25, 0.3) is 0 Å². The van der Waals surface area contributed by atoms with Gasteiger partial charge in [0.25, 0.3) is 5.91 Å². The number of amides is 2. The highest BCUT2D eigenvalue weighted by Crippen LogP contribution is 2.27. The fraction of sp³-hybridized carbons (Fsp3) is 0.609.